The molecule has 6 rings (SSSR count). The third kappa shape index (κ3) is 2.77. The number of halogens is 1. The lowest BCUT2D eigenvalue weighted by atomic mass is 10.1. The van der Waals surface area contributed by atoms with Gasteiger partial charge in [0.25, 0.3) is 6.01 Å². The summed E-state index contributed by atoms with van der Waals surface area (Å²) in [5.74, 6) is 0. The Hall–Kier alpha value is -2.72. The first-order valence-corrected chi connectivity index (χ1v) is 9.61. The Bertz CT molecular complexity index is 1220. The van der Waals surface area contributed by atoms with E-state index < -0.39 is 6.10 Å². The van der Waals surface area contributed by atoms with Gasteiger partial charge in [-0.15, -0.1) is 0 Å². The smallest absolute Gasteiger partial charge is 0.296 e. The van der Waals surface area contributed by atoms with E-state index in [9.17, 15) is 5.11 Å². The molecular formula is C19H16ClN5O4. The van der Waals surface area contributed by atoms with Gasteiger partial charge in [-0.3, -0.25) is 0 Å². The van der Waals surface area contributed by atoms with Gasteiger partial charge in [0.15, 0.2) is 11.8 Å². The number of aromatic nitrogens is 5. The Balaban J connectivity index is 1.32. The van der Waals surface area contributed by atoms with Crippen molar-refractivity contribution in [3.05, 3.63) is 35.6 Å². The number of ether oxygens (including phenoxy) is 3. The normalized spacial score (nSPS) is 26.4. The maximum atomic E-state index is 9.86. The van der Waals surface area contributed by atoms with Gasteiger partial charge in [-0.2, -0.15) is 4.98 Å². The maximum absolute atomic E-state index is 9.86. The van der Waals surface area contributed by atoms with Crippen LogP contribution in [0.25, 0.3) is 33.5 Å². The molecule has 0 unspecified atom stereocenters. The molecule has 4 atom stereocenters. The number of aromatic amines is 2. The summed E-state index contributed by atoms with van der Waals surface area (Å²) in [7, 11) is 0. The second kappa shape index (κ2) is 6.39. The molecule has 2 aliphatic rings. The van der Waals surface area contributed by atoms with Gasteiger partial charge in [-0.1, -0.05) is 11.6 Å². The number of hydrogen-bond acceptors (Lipinski definition) is 7. The molecule has 4 aromatic rings. The van der Waals surface area contributed by atoms with Gasteiger partial charge in [0, 0.05) is 23.3 Å². The predicted octanol–water partition coefficient (Wildman–Crippen LogP) is 2.06. The van der Waals surface area contributed by atoms with Crippen molar-refractivity contribution in [2.45, 2.75) is 24.4 Å². The fourth-order valence-electron chi connectivity index (χ4n) is 3.91. The van der Waals surface area contributed by atoms with Crippen LogP contribution in [0.15, 0.2) is 30.6 Å². The fourth-order valence-corrected chi connectivity index (χ4v) is 4.17. The minimum atomic E-state index is -0.627. The van der Waals surface area contributed by atoms with Crippen LogP contribution >= 0.6 is 11.6 Å². The number of nitrogens with zero attached hydrogens (tertiary/aromatic N) is 3. The first kappa shape index (κ1) is 17.2. The van der Waals surface area contributed by atoms with Crippen LogP contribution in [0, 0.1) is 0 Å². The van der Waals surface area contributed by atoms with Crippen molar-refractivity contribution < 1.29 is 19.3 Å². The van der Waals surface area contributed by atoms with Crippen LogP contribution in [-0.4, -0.2) is 67.7 Å². The first-order chi connectivity index (χ1) is 14.2. The first-order valence-electron chi connectivity index (χ1n) is 9.23. The fraction of sp³-hybridized carbons (Fsp3) is 0.316. The minimum absolute atomic E-state index is 0.245. The molecule has 2 saturated heterocycles. The molecule has 0 radical (unpaired) electrons. The summed E-state index contributed by atoms with van der Waals surface area (Å²) in [6.45, 7) is 0.570. The number of rotatable bonds is 3. The summed E-state index contributed by atoms with van der Waals surface area (Å²) in [6.07, 6.45) is 1.90. The van der Waals surface area contributed by atoms with Crippen molar-refractivity contribution in [3.63, 3.8) is 0 Å². The molecule has 3 N–H and O–H groups in total. The zero-order chi connectivity index (χ0) is 19.5. The number of aliphatic hydroxyl groups excluding tert-OH is 1. The summed E-state index contributed by atoms with van der Waals surface area (Å²) in [5.41, 5.74) is 3.34. The molecule has 2 aliphatic heterocycles. The Morgan fingerprint density at radius 2 is 2.07 bits per heavy atom. The van der Waals surface area contributed by atoms with Crippen LogP contribution in [0.4, 0.5) is 0 Å². The van der Waals surface area contributed by atoms with Crippen molar-refractivity contribution in [2.24, 2.45) is 0 Å². The van der Waals surface area contributed by atoms with Gasteiger partial charge in [0.2, 0.25) is 0 Å². The number of hydrogen-bond donors (Lipinski definition) is 3. The van der Waals surface area contributed by atoms with E-state index in [1.165, 1.54) is 0 Å². The highest BCUT2D eigenvalue weighted by molar-refractivity contribution is 6.33. The van der Waals surface area contributed by atoms with Gasteiger partial charge < -0.3 is 29.3 Å². The Labute approximate surface area is 169 Å². The number of pyridine rings is 2. The van der Waals surface area contributed by atoms with E-state index in [0.717, 1.165) is 16.6 Å². The second-order valence-corrected chi connectivity index (χ2v) is 7.60. The van der Waals surface area contributed by atoms with Crippen LogP contribution in [0.5, 0.6) is 6.01 Å². The molecule has 2 fully saturated rings. The molecule has 6 heterocycles. The molecule has 0 bridgehead atoms. The van der Waals surface area contributed by atoms with E-state index in [1.807, 2.05) is 18.3 Å². The van der Waals surface area contributed by atoms with Crippen molar-refractivity contribution in [1.29, 1.82) is 0 Å². The highest BCUT2D eigenvalue weighted by atomic mass is 35.5. The molecule has 0 saturated carbocycles. The van der Waals surface area contributed by atoms with Gasteiger partial charge in [-0.05, 0) is 18.2 Å². The number of aliphatic hydroxyl groups is 1. The second-order valence-electron chi connectivity index (χ2n) is 7.19. The van der Waals surface area contributed by atoms with Crippen LogP contribution in [-0.2, 0) is 9.47 Å². The summed E-state index contributed by atoms with van der Waals surface area (Å²) in [4.78, 5) is 19.6. The maximum Gasteiger partial charge on any atom is 0.296 e. The van der Waals surface area contributed by atoms with Crippen molar-refractivity contribution in [1.82, 2.24) is 24.9 Å². The van der Waals surface area contributed by atoms with E-state index in [1.54, 1.807) is 12.3 Å². The van der Waals surface area contributed by atoms with E-state index in [0.29, 0.717) is 34.5 Å². The Morgan fingerprint density at radius 3 is 3.00 bits per heavy atom. The van der Waals surface area contributed by atoms with Gasteiger partial charge in [0.05, 0.1) is 29.4 Å². The van der Waals surface area contributed by atoms with Gasteiger partial charge >= 0.3 is 0 Å². The molecule has 0 aliphatic carbocycles. The third-order valence-corrected chi connectivity index (χ3v) is 5.61. The third-order valence-electron chi connectivity index (χ3n) is 5.32. The predicted molar refractivity (Wildman–Crippen MR) is 104 cm³/mol. The lowest BCUT2D eigenvalue weighted by Crippen LogP contribution is -2.34. The average Bonchev–Trinajstić information content (AvgIpc) is 3.47. The van der Waals surface area contributed by atoms with Crippen LogP contribution in [0.1, 0.15) is 0 Å². The zero-order valence-electron chi connectivity index (χ0n) is 15.0. The molecule has 0 aromatic carbocycles. The lowest BCUT2D eigenvalue weighted by Gasteiger charge is -2.15. The quantitative estimate of drug-likeness (QED) is 0.470. The van der Waals surface area contributed by atoms with Crippen molar-refractivity contribution in [2.75, 3.05) is 13.2 Å². The Morgan fingerprint density at radius 1 is 1.17 bits per heavy atom. The highest BCUT2D eigenvalue weighted by Crippen LogP contribution is 2.32. The molecule has 10 heteroatoms. The largest absolute Gasteiger partial charge is 0.456 e. The topological polar surface area (TPSA) is 118 Å². The summed E-state index contributed by atoms with van der Waals surface area (Å²) in [6, 6.07) is 5.99. The van der Waals surface area contributed by atoms with Crippen LogP contribution < -0.4 is 4.74 Å². The van der Waals surface area contributed by atoms with E-state index in [4.69, 9.17) is 25.8 Å². The SMILES string of the molecule is O[C@@H]1CO[C@H]2[C@@H]1OC[C@H]2Oc1nc2nc(-c3cnc4[nH]ccc4c3)c(Cl)cc2[nH]1. The van der Waals surface area contributed by atoms with Crippen LogP contribution in [0.3, 0.4) is 0 Å². The monoisotopic (exact) mass is 413 g/mol. The molecule has 148 valence electrons. The standard InChI is InChI=1S/C19H16ClN5O4/c20-10-4-11-18(24-14(10)9-3-8-1-2-21-17(8)22-5-9)25-19(23-11)29-13-7-28-15-12(26)6-27-16(13)15/h1-5,12-13,15-16,26H,6-7H2,(H,21,22)(H,23,24,25)/t12-,13-,15-,16-/m1/s1. The summed E-state index contributed by atoms with van der Waals surface area (Å²) in [5, 5.41) is 11.3. The van der Waals surface area contributed by atoms with Gasteiger partial charge in [-0.25, -0.2) is 9.97 Å². The molecule has 0 amide bonds. The minimum Gasteiger partial charge on any atom is -0.456 e. The highest BCUT2D eigenvalue weighted by Gasteiger charge is 2.48. The number of fused-ring (bicyclic) bond motifs is 3. The zero-order valence-corrected chi connectivity index (χ0v) is 15.8. The van der Waals surface area contributed by atoms with E-state index in [2.05, 4.69) is 24.9 Å². The van der Waals surface area contributed by atoms with Crippen molar-refractivity contribution >= 4 is 33.8 Å². The molecule has 29 heavy (non-hydrogen) atoms. The summed E-state index contributed by atoms with van der Waals surface area (Å²) < 4.78 is 17.1. The number of imidazole rings is 1. The number of nitrogens with one attached hydrogen (secondary N) is 2. The molecular weight excluding hydrogens is 398 g/mol. The van der Waals surface area contributed by atoms with Crippen molar-refractivity contribution in [3.8, 4) is 17.3 Å². The van der Waals surface area contributed by atoms with E-state index >= 15 is 0 Å². The lowest BCUT2D eigenvalue weighted by molar-refractivity contribution is 0.00706. The molecule has 0 spiro atoms. The summed E-state index contributed by atoms with van der Waals surface area (Å²) >= 11 is 6.48. The molecule has 4 aromatic heterocycles. The van der Waals surface area contributed by atoms with E-state index in [-0.39, 0.29) is 24.9 Å². The van der Waals surface area contributed by atoms with Crippen LogP contribution in [0.2, 0.25) is 5.02 Å². The Kier molecular flexibility index (Phi) is 3.78. The van der Waals surface area contributed by atoms with Gasteiger partial charge in [0.1, 0.15) is 24.0 Å². The molecule has 9 nitrogen and oxygen atoms in total. The number of H-pyrrole nitrogens is 2. The average molecular weight is 414 g/mol.